The van der Waals surface area contributed by atoms with Crippen molar-refractivity contribution in [1.29, 1.82) is 0 Å². The van der Waals surface area contributed by atoms with Crippen molar-refractivity contribution in [3.63, 3.8) is 0 Å². The normalized spacial score (nSPS) is 21.6. The minimum atomic E-state index is -0.245. The Labute approximate surface area is 134 Å². The molecule has 1 aliphatic rings. The molecule has 1 heterocycles. The highest BCUT2D eigenvalue weighted by Crippen LogP contribution is 2.23. The van der Waals surface area contributed by atoms with Crippen LogP contribution in [-0.2, 0) is 14.2 Å². The third-order valence-corrected chi connectivity index (χ3v) is 3.84. The Balaban J connectivity index is 1.50. The highest BCUT2D eigenvalue weighted by molar-refractivity contribution is 5.16. The predicted molar refractivity (Wildman–Crippen MR) is 88.7 cm³/mol. The van der Waals surface area contributed by atoms with Gasteiger partial charge >= 0.3 is 0 Å². The average Bonchev–Trinajstić information content (AvgIpc) is 2.59. The lowest BCUT2D eigenvalue weighted by atomic mass is 10.1. The summed E-state index contributed by atoms with van der Waals surface area (Å²) >= 11 is 0. The molecule has 1 aromatic carbocycles. The Morgan fingerprint density at radius 1 is 1.00 bits per heavy atom. The molecule has 3 nitrogen and oxygen atoms in total. The zero-order valence-electron chi connectivity index (χ0n) is 13.4. The number of rotatable bonds is 10. The monoisotopic (exact) mass is 304 g/mol. The lowest BCUT2D eigenvalue weighted by Gasteiger charge is -2.29. The van der Waals surface area contributed by atoms with Gasteiger partial charge in [0.2, 0.25) is 0 Å². The molecule has 0 atom stereocenters. The van der Waals surface area contributed by atoms with Gasteiger partial charge in [0, 0.05) is 12.2 Å². The van der Waals surface area contributed by atoms with Gasteiger partial charge in [-0.3, -0.25) is 0 Å². The van der Waals surface area contributed by atoms with Gasteiger partial charge in [0.1, 0.15) is 6.10 Å². The number of unbranched alkanes of at least 4 members (excludes halogenated alkanes) is 5. The Kier molecular flexibility index (Phi) is 8.24. The molecule has 0 unspecified atom stereocenters. The van der Waals surface area contributed by atoms with E-state index in [4.69, 9.17) is 14.2 Å². The summed E-state index contributed by atoms with van der Waals surface area (Å²) in [7, 11) is 0. The van der Waals surface area contributed by atoms with Gasteiger partial charge in [0.05, 0.1) is 13.2 Å². The summed E-state index contributed by atoms with van der Waals surface area (Å²) in [5.74, 6) is 0. The number of hydrogen-bond donors (Lipinski definition) is 0. The lowest BCUT2D eigenvalue weighted by molar-refractivity contribution is -0.230. The van der Waals surface area contributed by atoms with Crippen LogP contribution in [0.4, 0.5) is 0 Å². The molecular formula is C19H28O3. The van der Waals surface area contributed by atoms with Crippen LogP contribution in [0.5, 0.6) is 0 Å². The second-order valence-electron chi connectivity index (χ2n) is 5.75. The maximum Gasteiger partial charge on any atom is 0.184 e. The summed E-state index contributed by atoms with van der Waals surface area (Å²) in [6.45, 7) is 5.76. The van der Waals surface area contributed by atoms with E-state index in [1.165, 1.54) is 25.7 Å². The van der Waals surface area contributed by atoms with E-state index < -0.39 is 0 Å². The lowest BCUT2D eigenvalue weighted by Crippen LogP contribution is -2.33. The minimum Gasteiger partial charge on any atom is -0.373 e. The Bertz CT molecular complexity index is 396. The number of benzene rings is 1. The Morgan fingerprint density at radius 2 is 1.68 bits per heavy atom. The highest BCUT2D eigenvalue weighted by atomic mass is 16.7. The van der Waals surface area contributed by atoms with Gasteiger partial charge in [-0.05, 0) is 19.3 Å². The quantitative estimate of drug-likeness (QED) is 0.465. The van der Waals surface area contributed by atoms with E-state index in [0.717, 1.165) is 25.0 Å². The number of ether oxygens (including phenoxy) is 3. The highest BCUT2D eigenvalue weighted by Gasteiger charge is 2.23. The van der Waals surface area contributed by atoms with E-state index in [1.54, 1.807) is 0 Å². The smallest absolute Gasteiger partial charge is 0.184 e. The molecule has 0 spiro atoms. The molecule has 122 valence electrons. The third-order valence-electron chi connectivity index (χ3n) is 3.84. The van der Waals surface area contributed by atoms with E-state index in [9.17, 15) is 0 Å². The predicted octanol–water partition coefficient (Wildman–Crippen LogP) is 4.64. The van der Waals surface area contributed by atoms with Crippen LogP contribution in [-0.4, -0.2) is 25.9 Å². The first-order valence-electron chi connectivity index (χ1n) is 8.41. The molecule has 1 saturated heterocycles. The number of hydrogen-bond acceptors (Lipinski definition) is 3. The zero-order chi connectivity index (χ0) is 15.5. The third kappa shape index (κ3) is 6.30. The van der Waals surface area contributed by atoms with Gasteiger partial charge in [-0.1, -0.05) is 55.7 Å². The van der Waals surface area contributed by atoms with Gasteiger partial charge in [-0.25, -0.2) is 0 Å². The molecule has 0 bridgehead atoms. The van der Waals surface area contributed by atoms with Crippen LogP contribution in [0, 0.1) is 0 Å². The molecule has 3 heteroatoms. The number of allylic oxidation sites excluding steroid dienone is 1. The molecule has 0 amide bonds. The zero-order valence-corrected chi connectivity index (χ0v) is 13.4. The first-order valence-corrected chi connectivity index (χ1v) is 8.41. The molecular weight excluding hydrogens is 276 g/mol. The summed E-state index contributed by atoms with van der Waals surface area (Å²) < 4.78 is 17.3. The van der Waals surface area contributed by atoms with E-state index >= 15 is 0 Å². The van der Waals surface area contributed by atoms with E-state index in [-0.39, 0.29) is 12.4 Å². The van der Waals surface area contributed by atoms with Gasteiger partial charge < -0.3 is 14.2 Å². The Morgan fingerprint density at radius 3 is 2.41 bits per heavy atom. The summed E-state index contributed by atoms with van der Waals surface area (Å²) in [6, 6.07) is 10.0. The molecule has 2 rings (SSSR count). The van der Waals surface area contributed by atoms with E-state index in [2.05, 4.69) is 6.58 Å². The van der Waals surface area contributed by atoms with Gasteiger partial charge in [0.15, 0.2) is 6.29 Å². The molecule has 0 N–H and O–H groups in total. The van der Waals surface area contributed by atoms with Crippen LogP contribution >= 0.6 is 0 Å². The van der Waals surface area contributed by atoms with Crippen LogP contribution in [0.1, 0.15) is 50.4 Å². The van der Waals surface area contributed by atoms with Crippen LogP contribution in [0.3, 0.4) is 0 Å². The van der Waals surface area contributed by atoms with Crippen molar-refractivity contribution in [3.8, 4) is 0 Å². The largest absolute Gasteiger partial charge is 0.373 e. The SMILES string of the molecule is C=CCCCCCCCOC1COC(c2ccccc2)OC1. The second-order valence-corrected chi connectivity index (χ2v) is 5.75. The Hall–Kier alpha value is -1.16. The maximum atomic E-state index is 5.83. The van der Waals surface area contributed by atoms with Crippen LogP contribution in [0.15, 0.2) is 43.0 Å². The molecule has 1 aliphatic heterocycles. The fraction of sp³-hybridized carbons (Fsp3) is 0.579. The van der Waals surface area contributed by atoms with E-state index in [0.29, 0.717) is 13.2 Å². The van der Waals surface area contributed by atoms with Crippen LogP contribution in [0.2, 0.25) is 0 Å². The van der Waals surface area contributed by atoms with Crippen LogP contribution < -0.4 is 0 Å². The van der Waals surface area contributed by atoms with Gasteiger partial charge in [-0.15, -0.1) is 6.58 Å². The second kappa shape index (κ2) is 10.5. The van der Waals surface area contributed by atoms with Crippen molar-refractivity contribution >= 4 is 0 Å². The molecule has 1 aromatic rings. The van der Waals surface area contributed by atoms with Crippen LogP contribution in [0.25, 0.3) is 0 Å². The minimum absolute atomic E-state index is 0.0701. The van der Waals surface area contributed by atoms with Crippen molar-refractivity contribution < 1.29 is 14.2 Å². The first-order chi connectivity index (χ1) is 10.9. The average molecular weight is 304 g/mol. The topological polar surface area (TPSA) is 27.7 Å². The first kappa shape index (κ1) is 17.2. The van der Waals surface area contributed by atoms with Gasteiger partial charge in [-0.2, -0.15) is 0 Å². The molecule has 0 aliphatic carbocycles. The van der Waals surface area contributed by atoms with E-state index in [1.807, 2.05) is 36.4 Å². The summed E-state index contributed by atoms with van der Waals surface area (Å²) in [4.78, 5) is 0. The van der Waals surface area contributed by atoms with Crippen molar-refractivity contribution in [2.75, 3.05) is 19.8 Å². The summed E-state index contributed by atoms with van der Waals surface area (Å²) in [6.07, 6.45) is 9.14. The fourth-order valence-electron chi connectivity index (χ4n) is 2.56. The molecule has 0 aromatic heterocycles. The molecule has 22 heavy (non-hydrogen) atoms. The van der Waals surface area contributed by atoms with Crippen molar-refractivity contribution in [1.82, 2.24) is 0 Å². The fourth-order valence-corrected chi connectivity index (χ4v) is 2.56. The standard InChI is InChI=1S/C19H28O3/c1-2-3-4-5-6-7-11-14-20-18-15-21-19(22-16-18)17-12-9-8-10-13-17/h2,8-10,12-13,18-19H,1,3-7,11,14-16H2. The summed E-state index contributed by atoms with van der Waals surface area (Å²) in [5.41, 5.74) is 1.07. The van der Waals surface area contributed by atoms with Crippen molar-refractivity contribution in [2.24, 2.45) is 0 Å². The molecule has 1 fully saturated rings. The summed E-state index contributed by atoms with van der Waals surface area (Å²) in [5, 5.41) is 0. The van der Waals surface area contributed by atoms with Gasteiger partial charge in [0.25, 0.3) is 0 Å². The molecule has 0 saturated carbocycles. The molecule has 0 radical (unpaired) electrons. The maximum absolute atomic E-state index is 5.83. The van der Waals surface area contributed by atoms with Crippen molar-refractivity contribution in [3.05, 3.63) is 48.6 Å². The van der Waals surface area contributed by atoms with Crippen molar-refractivity contribution in [2.45, 2.75) is 50.9 Å².